The Labute approximate surface area is 85.6 Å². The van der Waals surface area contributed by atoms with Gasteiger partial charge in [0.2, 0.25) is 0 Å². The van der Waals surface area contributed by atoms with E-state index in [-0.39, 0.29) is 17.1 Å². The quantitative estimate of drug-likeness (QED) is 0.754. The first kappa shape index (κ1) is 10.7. The van der Waals surface area contributed by atoms with E-state index in [0.29, 0.717) is 5.02 Å². The lowest BCUT2D eigenvalue weighted by Crippen LogP contribution is -2.22. The molecule has 0 radical (unpaired) electrons. The van der Waals surface area contributed by atoms with Gasteiger partial charge in [-0.25, -0.2) is 4.39 Å². The molecule has 0 bridgehead atoms. The number of benzene rings is 1. The van der Waals surface area contributed by atoms with E-state index in [2.05, 4.69) is 0 Å². The average molecular weight is 223 g/mol. The molecule has 0 fully saturated rings. The molecule has 0 aliphatic carbocycles. The van der Waals surface area contributed by atoms with Crippen molar-refractivity contribution in [3.63, 3.8) is 0 Å². The molecular formula is C8H9Cl2FN2. The number of hydrogen-bond acceptors (Lipinski definition) is 2. The summed E-state index contributed by atoms with van der Waals surface area (Å²) in [6, 6.07) is 2.18. The highest BCUT2D eigenvalue weighted by Gasteiger charge is 2.13. The van der Waals surface area contributed by atoms with Gasteiger partial charge in [-0.2, -0.15) is 0 Å². The van der Waals surface area contributed by atoms with Crippen molar-refractivity contribution >= 4 is 23.2 Å². The summed E-state index contributed by atoms with van der Waals surface area (Å²) < 4.78 is 13.3. The van der Waals surface area contributed by atoms with E-state index in [4.69, 9.17) is 34.7 Å². The Morgan fingerprint density at radius 2 is 2.00 bits per heavy atom. The predicted octanol–water partition coefficient (Wildman–Crippen LogP) is 2.09. The normalized spacial score (nSPS) is 13.0. The summed E-state index contributed by atoms with van der Waals surface area (Å²) in [7, 11) is 0. The van der Waals surface area contributed by atoms with Crippen LogP contribution in [0.15, 0.2) is 12.1 Å². The fraction of sp³-hybridized carbons (Fsp3) is 0.250. The van der Waals surface area contributed by atoms with Crippen molar-refractivity contribution in [2.45, 2.75) is 6.04 Å². The maximum Gasteiger partial charge on any atom is 0.146 e. The van der Waals surface area contributed by atoms with Crippen LogP contribution < -0.4 is 11.5 Å². The zero-order chi connectivity index (χ0) is 10.0. The van der Waals surface area contributed by atoms with Gasteiger partial charge in [-0.15, -0.1) is 0 Å². The summed E-state index contributed by atoms with van der Waals surface area (Å²) in [6.07, 6.45) is 0. The fourth-order valence-electron chi connectivity index (χ4n) is 0.973. The van der Waals surface area contributed by atoms with Crippen LogP contribution in [-0.2, 0) is 0 Å². The molecule has 72 valence electrons. The van der Waals surface area contributed by atoms with E-state index in [1.165, 1.54) is 12.1 Å². The highest BCUT2D eigenvalue weighted by Crippen LogP contribution is 2.26. The predicted molar refractivity (Wildman–Crippen MR) is 52.4 cm³/mol. The van der Waals surface area contributed by atoms with Crippen molar-refractivity contribution < 1.29 is 4.39 Å². The standard InChI is InChI=1S/C8H9Cl2FN2/c9-4-1-5(7(13)3-12)8(11)6(10)2-4/h1-2,7H,3,12-13H2/t7-/m1/s1. The molecule has 5 heteroatoms. The smallest absolute Gasteiger partial charge is 0.146 e. The molecule has 1 rings (SSSR count). The lowest BCUT2D eigenvalue weighted by atomic mass is 10.1. The van der Waals surface area contributed by atoms with E-state index in [1.807, 2.05) is 0 Å². The third-order valence-electron chi connectivity index (χ3n) is 1.67. The van der Waals surface area contributed by atoms with E-state index in [9.17, 15) is 4.39 Å². The van der Waals surface area contributed by atoms with Gasteiger partial charge in [-0.05, 0) is 12.1 Å². The molecule has 2 nitrogen and oxygen atoms in total. The second-order valence-corrected chi connectivity index (χ2v) is 3.48. The van der Waals surface area contributed by atoms with Crippen molar-refractivity contribution in [1.82, 2.24) is 0 Å². The molecule has 0 unspecified atom stereocenters. The first-order chi connectivity index (χ1) is 6.06. The average Bonchev–Trinajstić information content (AvgIpc) is 2.10. The van der Waals surface area contributed by atoms with Crippen LogP contribution in [0.5, 0.6) is 0 Å². The molecule has 0 aliphatic rings. The zero-order valence-electron chi connectivity index (χ0n) is 6.73. The molecule has 0 heterocycles. The van der Waals surface area contributed by atoms with Crippen molar-refractivity contribution in [2.24, 2.45) is 11.5 Å². The van der Waals surface area contributed by atoms with Crippen LogP contribution in [0, 0.1) is 5.82 Å². The van der Waals surface area contributed by atoms with Crippen LogP contribution in [0.2, 0.25) is 10.0 Å². The molecule has 13 heavy (non-hydrogen) atoms. The van der Waals surface area contributed by atoms with Gasteiger partial charge in [0, 0.05) is 23.2 Å². The topological polar surface area (TPSA) is 52.0 Å². The molecule has 4 N–H and O–H groups in total. The fourth-order valence-corrected chi connectivity index (χ4v) is 1.48. The monoisotopic (exact) mass is 222 g/mol. The second-order valence-electron chi connectivity index (χ2n) is 2.63. The van der Waals surface area contributed by atoms with Gasteiger partial charge in [-0.3, -0.25) is 0 Å². The molecule has 1 atom stereocenters. The maximum absolute atomic E-state index is 13.3. The van der Waals surface area contributed by atoms with Crippen LogP contribution in [0.3, 0.4) is 0 Å². The van der Waals surface area contributed by atoms with Gasteiger partial charge in [0.15, 0.2) is 0 Å². The van der Waals surface area contributed by atoms with E-state index in [0.717, 1.165) is 0 Å². The Bertz CT molecular complexity index is 317. The third-order valence-corrected chi connectivity index (χ3v) is 2.17. The third kappa shape index (κ3) is 2.31. The summed E-state index contributed by atoms with van der Waals surface area (Å²) in [4.78, 5) is 0. The number of halogens is 3. The Balaban J connectivity index is 3.20. The Kier molecular flexibility index (Phi) is 3.50. The molecule has 0 saturated carbocycles. The Hall–Kier alpha value is -0.350. The van der Waals surface area contributed by atoms with Crippen molar-refractivity contribution in [2.75, 3.05) is 6.54 Å². The van der Waals surface area contributed by atoms with Crippen molar-refractivity contribution in [1.29, 1.82) is 0 Å². The Morgan fingerprint density at radius 1 is 1.38 bits per heavy atom. The summed E-state index contributed by atoms with van der Waals surface area (Å²) >= 11 is 11.2. The van der Waals surface area contributed by atoms with E-state index < -0.39 is 11.9 Å². The van der Waals surface area contributed by atoms with Gasteiger partial charge < -0.3 is 11.5 Å². The highest BCUT2D eigenvalue weighted by atomic mass is 35.5. The van der Waals surface area contributed by atoms with Crippen molar-refractivity contribution in [3.05, 3.63) is 33.6 Å². The van der Waals surface area contributed by atoms with Crippen LogP contribution in [0.25, 0.3) is 0 Å². The summed E-state index contributed by atoms with van der Waals surface area (Å²) in [5.74, 6) is -0.552. The Morgan fingerprint density at radius 3 is 2.54 bits per heavy atom. The first-order valence-corrected chi connectivity index (χ1v) is 4.42. The molecular weight excluding hydrogens is 214 g/mol. The minimum atomic E-state index is -0.573. The van der Waals surface area contributed by atoms with Crippen LogP contribution in [0.4, 0.5) is 4.39 Å². The maximum atomic E-state index is 13.3. The lowest BCUT2D eigenvalue weighted by molar-refractivity contribution is 0.584. The molecule has 0 aromatic heterocycles. The largest absolute Gasteiger partial charge is 0.329 e. The number of rotatable bonds is 2. The van der Waals surface area contributed by atoms with E-state index in [1.54, 1.807) is 0 Å². The summed E-state index contributed by atoms with van der Waals surface area (Å²) in [5.41, 5.74) is 11.1. The summed E-state index contributed by atoms with van der Waals surface area (Å²) in [6.45, 7) is 0.146. The van der Waals surface area contributed by atoms with E-state index >= 15 is 0 Å². The van der Waals surface area contributed by atoms with Gasteiger partial charge in [0.1, 0.15) is 5.82 Å². The van der Waals surface area contributed by atoms with Crippen LogP contribution in [-0.4, -0.2) is 6.54 Å². The van der Waals surface area contributed by atoms with Gasteiger partial charge in [-0.1, -0.05) is 23.2 Å². The first-order valence-electron chi connectivity index (χ1n) is 3.66. The molecule has 1 aromatic carbocycles. The second kappa shape index (κ2) is 4.24. The SMILES string of the molecule is NC[C@@H](N)c1cc(Cl)cc(Cl)c1F. The molecule has 0 amide bonds. The minimum Gasteiger partial charge on any atom is -0.329 e. The number of nitrogens with two attached hydrogens (primary N) is 2. The molecule has 0 saturated heterocycles. The molecule has 1 aromatic rings. The summed E-state index contributed by atoms with van der Waals surface area (Å²) in [5, 5.41) is 0.316. The van der Waals surface area contributed by atoms with Gasteiger partial charge in [0.05, 0.1) is 5.02 Å². The van der Waals surface area contributed by atoms with Crippen molar-refractivity contribution in [3.8, 4) is 0 Å². The molecule has 0 aliphatic heterocycles. The van der Waals surface area contributed by atoms with Gasteiger partial charge >= 0.3 is 0 Å². The zero-order valence-corrected chi connectivity index (χ0v) is 8.24. The highest BCUT2D eigenvalue weighted by molar-refractivity contribution is 6.34. The minimum absolute atomic E-state index is 0.0357. The number of hydrogen-bond donors (Lipinski definition) is 2. The lowest BCUT2D eigenvalue weighted by Gasteiger charge is -2.11. The van der Waals surface area contributed by atoms with Crippen LogP contribution >= 0.6 is 23.2 Å². The van der Waals surface area contributed by atoms with Crippen LogP contribution in [0.1, 0.15) is 11.6 Å². The van der Waals surface area contributed by atoms with Gasteiger partial charge in [0.25, 0.3) is 0 Å². The molecule has 0 spiro atoms.